The highest BCUT2D eigenvalue weighted by atomic mass is 14.9. The van der Waals surface area contributed by atoms with E-state index < -0.39 is 0 Å². The Morgan fingerprint density at radius 1 is 1.06 bits per heavy atom. The molecule has 0 heterocycles. The first-order chi connectivity index (χ1) is 8.71. The number of hydrogen-bond acceptors (Lipinski definition) is 1. The second-order valence-electron chi connectivity index (χ2n) is 7.01. The van der Waals surface area contributed by atoms with E-state index in [0.717, 1.165) is 24.4 Å². The summed E-state index contributed by atoms with van der Waals surface area (Å²) in [7, 11) is 0. The fourth-order valence-electron chi connectivity index (χ4n) is 4.81. The molecule has 0 aliphatic heterocycles. The van der Waals surface area contributed by atoms with E-state index in [1.807, 2.05) is 0 Å². The summed E-state index contributed by atoms with van der Waals surface area (Å²) in [6.07, 6.45) is 13.1. The summed E-state index contributed by atoms with van der Waals surface area (Å²) in [5.41, 5.74) is 0.589. The van der Waals surface area contributed by atoms with Crippen molar-refractivity contribution in [2.45, 2.75) is 84.6 Å². The van der Waals surface area contributed by atoms with Gasteiger partial charge < -0.3 is 5.32 Å². The van der Waals surface area contributed by atoms with E-state index in [2.05, 4.69) is 26.1 Å². The molecule has 2 aliphatic rings. The van der Waals surface area contributed by atoms with Gasteiger partial charge in [-0.25, -0.2) is 0 Å². The van der Waals surface area contributed by atoms with E-state index in [-0.39, 0.29) is 0 Å². The van der Waals surface area contributed by atoms with Crippen LogP contribution in [0.3, 0.4) is 0 Å². The third kappa shape index (κ3) is 2.92. The molecule has 2 saturated carbocycles. The van der Waals surface area contributed by atoms with Gasteiger partial charge in [-0.2, -0.15) is 0 Å². The van der Waals surface area contributed by atoms with Crippen LogP contribution in [-0.2, 0) is 0 Å². The molecule has 3 unspecified atom stereocenters. The Kier molecular flexibility index (Phi) is 5.12. The molecule has 0 amide bonds. The summed E-state index contributed by atoms with van der Waals surface area (Å²) in [6, 6.07) is 0.787. The molecule has 2 aliphatic carbocycles. The lowest BCUT2D eigenvalue weighted by atomic mass is 9.65. The molecule has 0 radical (unpaired) electrons. The van der Waals surface area contributed by atoms with E-state index in [1.54, 1.807) is 0 Å². The maximum Gasteiger partial charge on any atom is 0.0152 e. The monoisotopic (exact) mass is 251 g/mol. The normalized spacial score (nSPS) is 33.5. The SMILES string of the molecule is CCNC(C1CCCCC1CC)C1(C)CCCC1. The highest BCUT2D eigenvalue weighted by Gasteiger charge is 2.43. The Bertz CT molecular complexity index is 242. The Hall–Kier alpha value is -0.0400. The molecule has 1 N–H and O–H groups in total. The van der Waals surface area contributed by atoms with Gasteiger partial charge in [-0.1, -0.05) is 59.3 Å². The first kappa shape index (κ1) is 14.4. The van der Waals surface area contributed by atoms with E-state index in [0.29, 0.717) is 5.41 Å². The minimum atomic E-state index is 0.589. The van der Waals surface area contributed by atoms with Crippen LogP contribution >= 0.6 is 0 Å². The predicted octanol–water partition coefficient (Wildman–Crippen LogP) is 4.76. The zero-order valence-corrected chi connectivity index (χ0v) is 12.8. The van der Waals surface area contributed by atoms with Crippen molar-refractivity contribution < 1.29 is 0 Å². The van der Waals surface area contributed by atoms with Gasteiger partial charge in [0.15, 0.2) is 0 Å². The van der Waals surface area contributed by atoms with Crippen molar-refractivity contribution in [3.05, 3.63) is 0 Å². The quantitative estimate of drug-likeness (QED) is 0.743. The topological polar surface area (TPSA) is 12.0 Å². The largest absolute Gasteiger partial charge is 0.313 e. The fourth-order valence-corrected chi connectivity index (χ4v) is 4.81. The van der Waals surface area contributed by atoms with Crippen LogP contribution in [0.1, 0.15) is 78.6 Å². The van der Waals surface area contributed by atoms with E-state index >= 15 is 0 Å². The van der Waals surface area contributed by atoms with Gasteiger partial charge in [-0.15, -0.1) is 0 Å². The molecule has 0 spiro atoms. The van der Waals surface area contributed by atoms with Crippen LogP contribution in [0.2, 0.25) is 0 Å². The smallest absolute Gasteiger partial charge is 0.0152 e. The summed E-state index contributed by atoms with van der Waals surface area (Å²) >= 11 is 0. The lowest BCUT2D eigenvalue weighted by Crippen LogP contribution is -2.50. The molecule has 2 rings (SSSR count). The Morgan fingerprint density at radius 3 is 2.33 bits per heavy atom. The number of rotatable bonds is 5. The Morgan fingerprint density at radius 2 is 1.72 bits per heavy atom. The molecule has 2 fully saturated rings. The van der Waals surface area contributed by atoms with Crippen molar-refractivity contribution in [2.24, 2.45) is 17.3 Å². The lowest BCUT2D eigenvalue weighted by Gasteiger charge is -2.45. The zero-order chi connectivity index (χ0) is 13.0. The summed E-state index contributed by atoms with van der Waals surface area (Å²) in [5, 5.41) is 3.90. The third-order valence-corrected chi connectivity index (χ3v) is 5.84. The van der Waals surface area contributed by atoms with Crippen LogP contribution in [0.25, 0.3) is 0 Å². The van der Waals surface area contributed by atoms with Gasteiger partial charge in [0.1, 0.15) is 0 Å². The molecule has 0 saturated heterocycles. The highest BCUT2D eigenvalue weighted by Crippen LogP contribution is 2.47. The van der Waals surface area contributed by atoms with Crippen LogP contribution in [0.4, 0.5) is 0 Å². The van der Waals surface area contributed by atoms with E-state index in [1.165, 1.54) is 57.8 Å². The minimum Gasteiger partial charge on any atom is -0.313 e. The van der Waals surface area contributed by atoms with Gasteiger partial charge in [0, 0.05) is 6.04 Å². The molecule has 0 aromatic carbocycles. The van der Waals surface area contributed by atoms with Crippen molar-refractivity contribution >= 4 is 0 Å². The molecule has 3 atom stereocenters. The van der Waals surface area contributed by atoms with Crippen molar-refractivity contribution in [1.29, 1.82) is 0 Å². The van der Waals surface area contributed by atoms with Crippen LogP contribution in [0.5, 0.6) is 0 Å². The second kappa shape index (κ2) is 6.41. The first-order valence-corrected chi connectivity index (χ1v) is 8.44. The Balaban J connectivity index is 2.12. The zero-order valence-electron chi connectivity index (χ0n) is 12.8. The van der Waals surface area contributed by atoms with Crippen LogP contribution in [-0.4, -0.2) is 12.6 Å². The maximum absolute atomic E-state index is 3.90. The van der Waals surface area contributed by atoms with Gasteiger partial charge in [0.05, 0.1) is 0 Å². The average Bonchev–Trinajstić information content (AvgIpc) is 2.84. The van der Waals surface area contributed by atoms with E-state index in [4.69, 9.17) is 0 Å². The van der Waals surface area contributed by atoms with Gasteiger partial charge in [0.2, 0.25) is 0 Å². The van der Waals surface area contributed by atoms with Crippen LogP contribution in [0, 0.1) is 17.3 Å². The molecule has 18 heavy (non-hydrogen) atoms. The average molecular weight is 251 g/mol. The van der Waals surface area contributed by atoms with E-state index in [9.17, 15) is 0 Å². The molecule has 106 valence electrons. The van der Waals surface area contributed by atoms with Crippen molar-refractivity contribution in [1.82, 2.24) is 5.32 Å². The molecule has 0 bridgehead atoms. The number of hydrogen-bond donors (Lipinski definition) is 1. The van der Waals surface area contributed by atoms with Gasteiger partial charge in [-0.3, -0.25) is 0 Å². The van der Waals surface area contributed by atoms with Gasteiger partial charge in [0.25, 0.3) is 0 Å². The summed E-state index contributed by atoms with van der Waals surface area (Å²) in [4.78, 5) is 0. The Labute approximate surface area is 114 Å². The highest BCUT2D eigenvalue weighted by molar-refractivity contribution is 4.97. The third-order valence-electron chi connectivity index (χ3n) is 5.84. The van der Waals surface area contributed by atoms with Crippen molar-refractivity contribution in [2.75, 3.05) is 6.54 Å². The standard InChI is InChI=1S/C17H33N/c1-4-14-10-6-7-11-15(14)16(18-5-2)17(3)12-8-9-13-17/h14-16,18H,4-13H2,1-3H3. The van der Waals surface area contributed by atoms with Crippen molar-refractivity contribution in [3.63, 3.8) is 0 Å². The predicted molar refractivity (Wildman–Crippen MR) is 79.8 cm³/mol. The minimum absolute atomic E-state index is 0.589. The number of nitrogens with one attached hydrogen (secondary N) is 1. The molecule has 1 nitrogen and oxygen atoms in total. The van der Waals surface area contributed by atoms with Gasteiger partial charge in [-0.05, 0) is 43.1 Å². The first-order valence-electron chi connectivity index (χ1n) is 8.44. The van der Waals surface area contributed by atoms with Gasteiger partial charge >= 0.3 is 0 Å². The molecular formula is C17H33N. The summed E-state index contributed by atoms with van der Waals surface area (Å²) < 4.78 is 0. The van der Waals surface area contributed by atoms with Crippen molar-refractivity contribution in [3.8, 4) is 0 Å². The van der Waals surface area contributed by atoms with Crippen LogP contribution < -0.4 is 5.32 Å². The lowest BCUT2D eigenvalue weighted by molar-refractivity contribution is 0.0876. The molecular weight excluding hydrogens is 218 g/mol. The fraction of sp³-hybridized carbons (Fsp3) is 1.00. The molecule has 0 aromatic rings. The summed E-state index contributed by atoms with van der Waals surface area (Å²) in [6.45, 7) is 8.40. The maximum atomic E-state index is 3.90. The molecule has 0 aromatic heterocycles. The summed E-state index contributed by atoms with van der Waals surface area (Å²) in [5.74, 6) is 1.94. The molecule has 1 heteroatoms. The van der Waals surface area contributed by atoms with Crippen LogP contribution in [0.15, 0.2) is 0 Å². The second-order valence-corrected chi connectivity index (χ2v) is 7.01.